The number of anilines is 2. The molecule has 0 N–H and O–H groups in total. The van der Waals surface area contributed by atoms with Gasteiger partial charge in [0.2, 0.25) is 0 Å². The van der Waals surface area contributed by atoms with E-state index in [0.717, 1.165) is 27.8 Å². The van der Waals surface area contributed by atoms with Gasteiger partial charge < -0.3 is 4.90 Å². The lowest BCUT2D eigenvalue weighted by Gasteiger charge is -2.38. The van der Waals surface area contributed by atoms with E-state index in [1.165, 1.54) is 16.8 Å². The van der Waals surface area contributed by atoms with Crippen molar-refractivity contribution >= 4 is 22.1 Å². The molecule has 3 heteroatoms. The summed E-state index contributed by atoms with van der Waals surface area (Å²) in [6.07, 6.45) is 0. The van der Waals surface area contributed by atoms with Gasteiger partial charge in [0.05, 0.1) is 11.4 Å². The Balaban J connectivity index is 1.54. The third-order valence-electron chi connectivity index (χ3n) is 7.45. The lowest BCUT2D eigenvalue weighted by Crippen LogP contribution is -2.38. The van der Waals surface area contributed by atoms with Gasteiger partial charge in [-0.3, -0.25) is 0 Å². The van der Waals surface area contributed by atoms with Gasteiger partial charge in [0.25, 0.3) is 0 Å². The van der Waals surface area contributed by atoms with E-state index in [-0.39, 0.29) is 5.82 Å². The van der Waals surface area contributed by atoms with Gasteiger partial charge in [0.1, 0.15) is 5.82 Å². The summed E-state index contributed by atoms with van der Waals surface area (Å²) in [4.78, 5) is 1.75. The van der Waals surface area contributed by atoms with Crippen LogP contribution in [-0.4, -0.2) is 5.54 Å². The van der Waals surface area contributed by atoms with Crippen molar-refractivity contribution in [3.63, 3.8) is 0 Å². The molecule has 0 aliphatic carbocycles. The maximum Gasteiger partial charge on any atom is 0.155 e. The molecule has 0 saturated heterocycles. The first kappa shape index (κ1) is 26.5. The Morgan fingerprint density at radius 3 is 1.88 bits per heavy atom. The number of para-hydroxylation sites is 1. The Labute approximate surface area is 240 Å². The molecule has 0 atom stereocenters. The minimum absolute atomic E-state index is 0.330. The van der Waals surface area contributed by atoms with Crippen LogP contribution in [-0.2, 0) is 0 Å². The fraction of sp³-hybridized carbons (Fsp3) is 0.105. The zero-order chi connectivity index (χ0) is 28.6. The summed E-state index contributed by atoms with van der Waals surface area (Å²) in [7, 11) is 0. The van der Waals surface area contributed by atoms with Crippen LogP contribution >= 0.6 is 0 Å². The maximum atomic E-state index is 16.9. The predicted molar refractivity (Wildman–Crippen MR) is 169 cm³/mol. The molecular weight excluding hydrogens is 508 g/mol. The van der Waals surface area contributed by atoms with Crippen LogP contribution in [0.1, 0.15) is 20.8 Å². The molecule has 41 heavy (non-hydrogen) atoms. The second kappa shape index (κ2) is 10.7. The smallest absolute Gasteiger partial charge is 0.155 e. The Hall–Kier alpha value is -4.76. The summed E-state index contributed by atoms with van der Waals surface area (Å²) < 4.78 is 32.0. The van der Waals surface area contributed by atoms with Crippen LogP contribution in [0.15, 0.2) is 133 Å². The topological polar surface area (TPSA) is 3.24 Å². The molecule has 0 radical (unpaired) electrons. The van der Waals surface area contributed by atoms with Crippen LogP contribution < -0.4 is 4.90 Å². The van der Waals surface area contributed by atoms with Gasteiger partial charge in [0.15, 0.2) is 5.82 Å². The average Bonchev–Trinajstić information content (AvgIpc) is 2.98. The Morgan fingerprint density at radius 1 is 0.488 bits per heavy atom. The summed E-state index contributed by atoms with van der Waals surface area (Å²) in [5.74, 6) is -0.779. The average molecular weight is 540 g/mol. The van der Waals surface area contributed by atoms with Crippen LogP contribution in [0.25, 0.3) is 44.2 Å². The van der Waals surface area contributed by atoms with E-state index in [1.54, 1.807) is 29.2 Å². The van der Waals surface area contributed by atoms with E-state index in [4.69, 9.17) is 0 Å². The summed E-state index contributed by atoms with van der Waals surface area (Å²) >= 11 is 0. The number of hydrogen-bond donors (Lipinski definition) is 0. The van der Waals surface area contributed by atoms with Crippen LogP contribution in [0.5, 0.6) is 0 Å². The van der Waals surface area contributed by atoms with Crippen molar-refractivity contribution in [2.45, 2.75) is 26.3 Å². The Morgan fingerprint density at radius 2 is 1.12 bits per heavy atom. The lowest BCUT2D eigenvalue weighted by molar-refractivity contribution is 0.527. The number of rotatable bonds is 5. The van der Waals surface area contributed by atoms with Gasteiger partial charge in [-0.05, 0) is 89.7 Å². The largest absolute Gasteiger partial charge is 0.331 e. The summed E-state index contributed by atoms with van der Waals surface area (Å²) in [6.45, 7) is 5.88. The predicted octanol–water partition coefficient (Wildman–Crippen LogP) is 11.1. The minimum atomic E-state index is -0.589. The zero-order valence-electron chi connectivity index (χ0n) is 23.4. The number of halogens is 2. The van der Waals surface area contributed by atoms with Crippen molar-refractivity contribution in [3.05, 3.63) is 145 Å². The van der Waals surface area contributed by atoms with Gasteiger partial charge >= 0.3 is 0 Å². The number of benzene rings is 6. The van der Waals surface area contributed by atoms with Crippen LogP contribution in [0, 0.1) is 11.6 Å². The van der Waals surface area contributed by atoms with Gasteiger partial charge in [0, 0.05) is 11.1 Å². The molecule has 6 rings (SSSR count). The summed E-state index contributed by atoms with van der Waals surface area (Å²) in [5, 5.41) is 2.36. The van der Waals surface area contributed by atoms with Gasteiger partial charge in [-0.25, -0.2) is 8.78 Å². The molecule has 0 aromatic heterocycles. The van der Waals surface area contributed by atoms with Crippen LogP contribution in [0.2, 0.25) is 0 Å². The van der Waals surface area contributed by atoms with E-state index < -0.39 is 11.4 Å². The van der Waals surface area contributed by atoms with Crippen molar-refractivity contribution in [2.75, 3.05) is 4.90 Å². The van der Waals surface area contributed by atoms with Crippen molar-refractivity contribution in [2.24, 2.45) is 0 Å². The van der Waals surface area contributed by atoms with E-state index in [0.29, 0.717) is 16.9 Å². The van der Waals surface area contributed by atoms with Crippen molar-refractivity contribution < 1.29 is 8.78 Å². The molecule has 0 aliphatic rings. The number of hydrogen-bond acceptors (Lipinski definition) is 1. The summed E-state index contributed by atoms with van der Waals surface area (Å²) in [5.41, 5.74) is 5.18. The zero-order valence-corrected chi connectivity index (χ0v) is 23.4. The second-order valence-electron chi connectivity index (χ2n) is 11.3. The highest BCUT2D eigenvalue weighted by molar-refractivity contribution is 5.91. The van der Waals surface area contributed by atoms with E-state index in [2.05, 4.69) is 42.5 Å². The molecule has 202 valence electrons. The number of nitrogens with zero attached hydrogens (tertiary/aromatic N) is 1. The molecular formula is C38H31F2N. The Kier molecular flexibility index (Phi) is 6.88. The third-order valence-corrected chi connectivity index (χ3v) is 7.45. The van der Waals surface area contributed by atoms with E-state index in [1.807, 2.05) is 81.4 Å². The molecule has 1 nitrogen and oxygen atoms in total. The fourth-order valence-electron chi connectivity index (χ4n) is 5.59. The summed E-state index contributed by atoms with van der Waals surface area (Å²) in [6, 6.07) is 42.8. The molecule has 0 amide bonds. The third kappa shape index (κ3) is 5.12. The highest BCUT2D eigenvalue weighted by Gasteiger charge is 2.30. The van der Waals surface area contributed by atoms with Crippen molar-refractivity contribution in [1.82, 2.24) is 0 Å². The first-order valence-corrected chi connectivity index (χ1v) is 13.8. The van der Waals surface area contributed by atoms with Gasteiger partial charge in [-0.2, -0.15) is 0 Å². The normalized spacial score (nSPS) is 11.5. The standard InChI is InChI=1S/C38H31F2N/c1-38(2,3)41(34-19-10-9-18-33(34)39)35-23-22-32(36(37(35)40)27-13-5-4-6-14-27)31-17-11-16-29(25-31)30-21-20-26-12-7-8-15-28(26)24-30/h4-25H,1-3H3. The maximum absolute atomic E-state index is 16.9. The van der Waals surface area contributed by atoms with Crippen molar-refractivity contribution in [3.8, 4) is 33.4 Å². The monoisotopic (exact) mass is 539 g/mol. The van der Waals surface area contributed by atoms with Gasteiger partial charge in [-0.15, -0.1) is 0 Å². The molecule has 0 spiro atoms. The van der Waals surface area contributed by atoms with Crippen LogP contribution in [0.3, 0.4) is 0 Å². The molecule has 6 aromatic rings. The van der Waals surface area contributed by atoms with E-state index >= 15 is 8.78 Å². The molecule has 0 aliphatic heterocycles. The second-order valence-corrected chi connectivity index (χ2v) is 11.3. The fourth-order valence-corrected chi connectivity index (χ4v) is 5.59. The quantitative estimate of drug-likeness (QED) is 0.211. The highest BCUT2D eigenvalue weighted by Crippen LogP contribution is 2.44. The molecule has 0 fully saturated rings. The van der Waals surface area contributed by atoms with Crippen molar-refractivity contribution in [1.29, 1.82) is 0 Å². The van der Waals surface area contributed by atoms with E-state index in [9.17, 15) is 0 Å². The molecule has 0 heterocycles. The molecule has 6 aromatic carbocycles. The lowest BCUT2D eigenvalue weighted by atomic mass is 9.90. The van der Waals surface area contributed by atoms with Crippen LogP contribution in [0.4, 0.5) is 20.2 Å². The molecule has 0 unspecified atom stereocenters. The minimum Gasteiger partial charge on any atom is -0.331 e. The first-order valence-electron chi connectivity index (χ1n) is 13.8. The highest BCUT2D eigenvalue weighted by atomic mass is 19.1. The van der Waals surface area contributed by atoms with Gasteiger partial charge in [-0.1, -0.05) is 103 Å². The number of fused-ring (bicyclic) bond motifs is 1. The molecule has 0 saturated carbocycles. The Bertz CT molecular complexity index is 1850. The first-order chi connectivity index (χ1) is 19.8. The SMILES string of the molecule is CC(C)(C)N(c1ccccc1F)c1ccc(-c2cccc(-c3ccc4ccccc4c3)c2)c(-c2ccccc2)c1F. The molecule has 0 bridgehead atoms.